The lowest BCUT2D eigenvalue weighted by Gasteiger charge is -2.47. The summed E-state index contributed by atoms with van der Waals surface area (Å²) in [6, 6.07) is 3.78. The van der Waals surface area contributed by atoms with Gasteiger partial charge < -0.3 is 10.2 Å². The summed E-state index contributed by atoms with van der Waals surface area (Å²) in [5.41, 5.74) is 0.971. The Hall–Kier alpha value is -1.95. The van der Waals surface area contributed by atoms with Gasteiger partial charge in [0.25, 0.3) is 0 Å². The van der Waals surface area contributed by atoms with Gasteiger partial charge >= 0.3 is 0 Å². The smallest absolute Gasteiger partial charge is 0.227 e. The van der Waals surface area contributed by atoms with Crippen LogP contribution in [0.3, 0.4) is 0 Å². The summed E-state index contributed by atoms with van der Waals surface area (Å²) in [5.74, 6) is 0.813. The molecule has 1 saturated heterocycles. The fourth-order valence-corrected chi connectivity index (χ4v) is 5.07. The lowest BCUT2D eigenvalue weighted by atomic mass is 9.77. The number of pyridine rings is 1. The van der Waals surface area contributed by atoms with Gasteiger partial charge in [-0.15, -0.1) is 0 Å². The van der Waals surface area contributed by atoms with Crippen LogP contribution < -0.4 is 5.32 Å². The van der Waals surface area contributed by atoms with Crippen LogP contribution in [-0.2, 0) is 16.0 Å². The van der Waals surface area contributed by atoms with E-state index in [0.717, 1.165) is 44.5 Å². The fourth-order valence-electron chi connectivity index (χ4n) is 5.07. The van der Waals surface area contributed by atoms with E-state index in [-0.39, 0.29) is 17.4 Å². The Bertz CT molecular complexity index is 686. The van der Waals surface area contributed by atoms with Crippen molar-refractivity contribution in [2.24, 2.45) is 5.92 Å². The maximum Gasteiger partial charge on any atom is 0.227 e. The normalized spacial score (nSPS) is 21.3. The minimum Gasteiger partial charge on any atom is -0.354 e. The van der Waals surface area contributed by atoms with E-state index in [0.29, 0.717) is 31.8 Å². The number of hydrogen-bond donors (Lipinski definition) is 1. The van der Waals surface area contributed by atoms with Crippen LogP contribution in [0.1, 0.15) is 64.4 Å². The zero-order valence-electron chi connectivity index (χ0n) is 18.7. The molecule has 6 heteroatoms. The molecular formula is C24H38N4O2. The molecule has 0 radical (unpaired) electrons. The van der Waals surface area contributed by atoms with Gasteiger partial charge in [0.15, 0.2) is 0 Å². The van der Waals surface area contributed by atoms with Crippen LogP contribution in [0.2, 0.25) is 0 Å². The Morgan fingerprint density at radius 3 is 2.53 bits per heavy atom. The number of amides is 2. The number of hydrogen-bond acceptors (Lipinski definition) is 4. The van der Waals surface area contributed by atoms with Gasteiger partial charge in [-0.25, -0.2) is 0 Å². The average Bonchev–Trinajstić information content (AvgIpc) is 2.74. The Kier molecular flexibility index (Phi) is 8.25. The van der Waals surface area contributed by atoms with Crippen LogP contribution in [0.4, 0.5) is 0 Å². The predicted octanol–water partition coefficient (Wildman–Crippen LogP) is 3.02. The fraction of sp³-hybridized carbons (Fsp3) is 0.708. The predicted molar refractivity (Wildman–Crippen MR) is 119 cm³/mol. The van der Waals surface area contributed by atoms with Gasteiger partial charge in [-0.1, -0.05) is 33.1 Å². The summed E-state index contributed by atoms with van der Waals surface area (Å²) in [7, 11) is 0. The van der Waals surface area contributed by atoms with E-state index in [4.69, 9.17) is 0 Å². The van der Waals surface area contributed by atoms with Crippen molar-refractivity contribution >= 4 is 11.8 Å². The van der Waals surface area contributed by atoms with Crippen molar-refractivity contribution in [1.29, 1.82) is 0 Å². The summed E-state index contributed by atoms with van der Waals surface area (Å²) < 4.78 is 0. The quantitative estimate of drug-likeness (QED) is 0.823. The van der Waals surface area contributed by atoms with Gasteiger partial charge in [-0.2, -0.15) is 0 Å². The molecule has 1 saturated carbocycles. The minimum absolute atomic E-state index is 0.0111. The van der Waals surface area contributed by atoms with E-state index in [1.54, 1.807) is 12.4 Å². The molecular weight excluding hydrogens is 376 g/mol. The maximum absolute atomic E-state index is 12.9. The van der Waals surface area contributed by atoms with Crippen molar-refractivity contribution in [1.82, 2.24) is 20.1 Å². The summed E-state index contributed by atoms with van der Waals surface area (Å²) in [5, 5.41) is 3.10. The van der Waals surface area contributed by atoms with Gasteiger partial charge in [0.05, 0.1) is 6.42 Å². The van der Waals surface area contributed by atoms with Crippen LogP contribution in [0.5, 0.6) is 0 Å². The minimum atomic E-state index is -0.0111. The third kappa shape index (κ3) is 6.27. The Balaban J connectivity index is 1.72. The van der Waals surface area contributed by atoms with Crippen molar-refractivity contribution in [2.45, 2.75) is 70.8 Å². The van der Waals surface area contributed by atoms with Gasteiger partial charge in [0.1, 0.15) is 0 Å². The summed E-state index contributed by atoms with van der Waals surface area (Å²) in [4.78, 5) is 34.3. The molecule has 0 unspecified atom stereocenters. The first-order chi connectivity index (χ1) is 14.5. The van der Waals surface area contributed by atoms with Crippen LogP contribution in [0.15, 0.2) is 24.5 Å². The monoisotopic (exact) mass is 414 g/mol. The van der Waals surface area contributed by atoms with Gasteiger partial charge in [0.2, 0.25) is 11.8 Å². The molecule has 1 aromatic heterocycles. The second-order valence-electron chi connectivity index (χ2n) is 9.42. The number of carbonyl (C=O) groups excluding carboxylic acids is 2. The highest BCUT2D eigenvalue weighted by Crippen LogP contribution is 2.37. The van der Waals surface area contributed by atoms with Crippen molar-refractivity contribution in [3.8, 4) is 0 Å². The molecule has 30 heavy (non-hydrogen) atoms. The van der Waals surface area contributed by atoms with E-state index in [1.807, 2.05) is 17.0 Å². The topological polar surface area (TPSA) is 65.5 Å². The third-order valence-corrected chi connectivity index (χ3v) is 6.55. The summed E-state index contributed by atoms with van der Waals surface area (Å²) in [6.45, 7) is 8.32. The van der Waals surface area contributed by atoms with Crippen molar-refractivity contribution in [3.63, 3.8) is 0 Å². The number of rotatable bonds is 4. The Labute approximate surface area is 181 Å². The molecule has 2 heterocycles. The molecule has 2 fully saturated rings. The second kappa shape index (κ2) is 10.9. The second-order valence-corrected chi connectivity index (χ2v) is 9.42. The van der Waals surface area contributed by atoms with Crippen LogP contribution in [0.25, 0.3) is 0 Å². The molecule has 1 N–H and O–H groups in total. The molecule has 2 amide bonds. The molecule has 0 bridgehead atoms. The molecule has 1 aliphatic carbocycles. The molecule has 6 nitrogen and oxygen atoms in total. The lowest BCUT2D eigenvalue weighted by Crippen LogP contribution is -2.54. The zero-order chi connectivity index (χ0) is 21.4. The van der Waals surface area contributed by atoms with E-state index >= 15 is 0 Å². The van der Waals surface area contributed by atoms with Crippen LogP contribution in [0, 0.1) is 5.92 Å². The van der Waals surface area contributed by atoms with Crippen LogP contribution in [-0.4, -0.2) is 64.9 Å². The van der Waals surface area contributed by atoms with Gasteiger partial charge in [0, 0.05) is 57.1 Å². The van der Waals surface area contributed by atoms with Crippen molar-refractivity contribution in [3.05, 3.63) is 30.1 Å². The first-order valence-electron chi connectivity index (χ1n) is 11.7. The van der Waals surface area contributed by atoms with Crippen molar-refractivity contribution in [2.75, 3.05) is 32.7 Å². The Morgan fingerprint density at radius 2 is 1.83 bits per heavy atom. The SMILES string of the molecule is CC(C)CN1CCCN(C(=O)Cc2ccncc2)CCNC(=O)CC12CCCCC2. The summed E-state index contributed by atoms with van der Waals surface area (Å²) in [6.07, 6.45) is 11.3. The Morgan fingerprint density at radius 1 is 1.10 bits per heavy atom. The highest BCUT2D eigenvalue weighted by Gasteiger charge is 2.40. The number of nitrogens with one attached hydrogen (secondary N) is 1. The molecule has 0 aromatic carbocycles. The van der Waals surface area contributed by atoms with E-state index in [2.05, 4.69) is 29.0 Å². The maximum atomic E-state index is 12.9. The number of nitrogens with zero attached hydrogens (tertiary/aromatic N) is 3. The first-order valence-corrected chi connectivity index (χ1v) is 11.7. The number of carbonyl (C=O) groups is 2. The van der Waals surface area contributed by atoms with Gasteiger partial charge in [-0.3, -0.25) is 19.5 Å². The zero-order valence-corrected chi connectivity index (χ0v) is 18.7. The van der Waals surface area contributed by atoms with E-state index < -0.39 is 0 Å². The largest absolute Gasteiger partial charge is 0.354 e. The molecule has 1 aliphatic heterocycles. The third-order valence-electron chi connectivity index (χ3n) is 6.55. The first kappa shape index (κ1) is 22.7. The molecule has 166 valence electrons. The lowest BCUT2D eigenvalue weighted by molar-refractivity contribution is -0.131. The summed E-state index contributed by atoms with van der Waals surface area (Å²) >= 11 is 0. The molecule has 0 atom stereocenters. The van der Waals surface area contributed by atoms with E-state index in [1.165, 1.54) is 19.3 Å². The molecule has 1 spiro atoms. The van der Waals surface area contributed by atoms with Crippen LogP contribution >= 0.6 is 0 Å². The average molecular weight is 415 g/mol. The van der Waals surface area contributed by atoms with E-state index in [9.17, 15) is 9.59 Å². The highest BCUT2D eigenvalue weighted by molar-refractivity contribution is 5.79. The highest BCUT2D eigenvalue weighted by atomic mass is 16.2. The van der Waals surface area contributed by atoms with Gasteiger partial charge in [-0.05, 0) is 42.9 Å². The molecule has 1 aromatic rings. The van der Waals surface area contributed by atoms with Crippen molar-refractivity contribution < 1.29 is 9.59 Å². The standard InChI is InChI=1S/C24H38N4O2/c1-20(2)19-28-15-6-14-27(23(30)17-21-7-11-25-12-8-21)16-13-26-22(29)18-24(28)9-4-3-5-10-24/h7-8,11-12,20H,3-6,9-10,13-19H2,1-2H3,(H,26,29). The number of aromatic nitrogens is 1. The molecule has 2 aliphatic rings. The molecule has 3 rings (SSSR count).